The Bertz CT molecular complexity index is 1110. The number of aromatic nitrogens is 2. The summed E-state index contributed by atoms with van der Waals surface area (Å²) in [5.74, 6) is -0.254. The van der Waals surface area contributed by atoms with Gasteiger partial charge in [0.2, 0.25) is 0 Å². The monoisotopic (exact) mass is 392 g/mol. The highest BCUT2D eigenvalue weighted by molar-refractivity contribution is 5.88. The Labute approximate surface area is 168 Å². The molecule has 0 saturated carbocycles. The van der Waals surface area contributed by atoms with Crippen LogP contribution in [-0.2, 0) is 18.4 Å². The lowest BCUT2D eigenvalue weighted by Crippen LogP contribution is -2.44. The molecule has 4 rings (SSSR count). The second kappa shape index (κ2) is 8.05. The Balaban J connectivity index is 1.70. The summed E-state index contributed by atoms with van der Waals surface area (Å²) in [7, 11) is 1.77. The van der Waals surface area contributed by atoms with Crippen LogP contribution in [0, 0.1) is 0 Å². The summed E-state index contributed by atoms with van der Waals surface area (Å²) in [6, 6.07) is 5.55. The van der Waals surface area contributed by atoms with Crippen molar-refractivity contribution in [3.8, 4) is 0 Å². The molecule has 0 radical (unpaired) electrons. The number of hydrogen-bond acceptors (Lipinski definition) is 5. The maximum atomic E-state index is 13.0. The summed E-state index contributed by atoms with van der Waals surface area (Å²) in [6.07, 6.45) is 10.8. The molecule has 3 N–H and O–H groups in total. The molecular weight excluding hydrogens is 368 g/mol. The van der Waals surface area contributed by atoms with Crippen molar-refractivity contribution in [2.75, 3.05) is 0 Å². The van der Waals surface area contributed by atoms with Crippen LogP contribution in [0.25, 0.3) is 16.5 Å². The van der Waals surface area contributed by atoms with E-state index in [9.17, 15) is 14.7 Å². The topological polar surface area (TPSA) is 96.2 Å². The van der Waals surface area contributed by atoms with Gasteiger partial charge in [-0.05, 0) is 61.2 Å². The van der Waals surface area contributed by atoms with Crippen molar-refractivity contribution in [2.45, 2.75) is 38.4 Å². The average molecular weight is 392 g/mol. The van der Waals surface area contributed by atoms with Crippen molar-refractivity contribution < 1.29 is 9.90 Å². The second-order valence-corrected chi connectivity index (χ2v) is 7.35. The molecule has 1 aromatic carbocycles. The molecule has 0 amide bonds. The van der Waals surface area contributed by atoms with Crippen molar-refractivity contribution in [3.05, 3.63) is 69.9 Å². The Kier molecular flexibility index (Phi) is 5.31. The van der Waals surface area contributed by atoms with E-state index in [1.165, 1.54) is 6.42 Å². The number of rotatable bonds is 5. The maximum absolute atomic E-state index is 13.0. The summed E-state index contributed by atoms with van der Waals surface area (Å²) in [6.45, 7) is 0.381. The zero-order valence-electron chi connectivity index (χ0n) is 16.3. The van der Waals surface area contributed by atoms with Gasteiger partial charge < -0.3 is 10.4 Å². The third-order valence-electron chi connectivity index (χ3n) is 5.46. The fraction of sp³-hybridized carbons (Fsp3) is 0.318. The molecule has 2 aliphatic rings. The molecule has 2 aromatic rings. The second-order valence-electron chi connectivity index (χ2n) is 7.35. The van der Waals surface area contributed by atoms with E-state index in [4.69, 9.17) is 4.98 Å². The van der Waals surface area contributed by atoms with Crippen LogP contribution in [0.5, 0.6) is 0 Å². The van der Waals surface area contributed by atoms with E-state index in [0.717, 1.165) is 36.2 Å². The first kappa shape index (κ1) is 19.1. The molecule has 1 aliphatic carbocycles. The number of fused-ring (bicyclic) bond motifs is 1. The number of para-hydroxylation sites is 1. The molecule has 7 nitrogen and oxygen atoms in total. The molecular formula is C22H24N4O3. The summed E-state index contributed by atoms with van der Waals surface area (Å²) >= 11 is 0. The first-order valence-corrected chi connectivity index (χ1v) is 9.84. The number of nitrogens with zero attached hydrogens (tertiary/aromatic N) is 2. The summed E-state index contributed by atoms with van der Waals surface area (Å²) in [4.78, 5) is 29.3. The van der Waals surface area contributed by atoms with Gasteiger partial charge >= 0.3 is 5.97 Å². The van der Waals surface area contributed by atoms with Crippen LogP contribution >= 0.6 is 0 Å². The van der Waals surface area contributed by atoms with Crippen molar-refractivity contribution in [2.24, 2.45) is 7.05 Å². The van der Waals surface area contributed by atoms with E-state index in [1.807, 2.05) is 12.1 Å². The lowest BCUT2D eigenvalue weighted by Gasteiger charge is -2.22. The zero-order valence-corrected chi connectivity index (χ0v) is 16.3. The number of carboxylic acid groups (broad SMARTS) is 1. The number of carboxylic acids is 1. The SMILES string of the molecule is Cn1c(C2=CCCCC2)nc2c(CNC3NC=CC=C3C(=O)O)cccc2c1=O. The van der Waals surface area contributed by atoms with Crippen LogP contribution in [0.4, 0.5) is 0 Å². The minimum absolute atomic E-state index is 0.0665. The molecule has 0 saturated heterocycles. The van der Waals surface area contributed by atoms with Crippen LogP contribution in [0.15, 0.2) is 53.0 Å². The molecule has 1 aliphatic heterocycles. The van der Waals surface area contributed by atoms with Gasteiger partial charge in [-0.1, -0.05) is 18.2 Å². The van der Waals surface area contributed by atoms with Gasteiger partial charge in [-0.15, -0.1) is 0 Å². The van der Waals surface area contributed by atoms with E-state index in [-0.39, 0.29) is 11.1 Å². The largest absolute Gasteiger partial charge is 0.478 e. The van der Waals surface area contributed by atoms with Gasteiger partial charge in [-0.3, -0.25) is 14.7 Å². The number of hydrogen-bond donors (Lipinski definition) is 3. The van der Waals surface area contributed by atoms with E-state index in [0.29, 0.717) is 17.4 Å². The Morgan fingerprint density at radius 1 is 1.38 bits per heavy atom. The van der Waals surface area contributed by atoms with Crippen molar-refractivity contribution >= 4 is 22.4 Å². The van der Waals surface area contributed by atoms with Crippen LogP contribution in [0.1, 0.15) is 37.1 Å². The number of dihydropyridines is 1. The number of nitrogens with one attached hydrogen (secondary N) is 2. The third kappa shape index (κ3) is 3.73. The highest BCUT2D eigenvalue weighted by Gasteiger charge is 2.21. The number of benzene rings is 1. The fourth-order valence-electron chi connectivity index (χ4n) is 3.89. The maximum Gasteiger partial charge on any atom is 0.335 e. The highest BCUT2D eigenvalue weighted by Crippen LogP contribution is 2.26. The molecule has 1 atom stereocenters. The van der Waals surface area contributed by atoms with Gasteiger partial charge in [0.05, 0.1) is 16.5 Å². The molecule has 150 valence electrons. The predicted octanol–water partition coefficient (Wildman–Crippen LogP) is 2.43. The van der Waals surface area contributed by atoms with Crippen LogP contribution in [0.3, 0.4) is 0 Å². The van der Waals surface area contributed by atoms with E-state index in [1.54, 1.807) is 36.0 Å². The smallest absolute Gasteiger partial charge is 0.335 e. The Morgan fingerprint density at radius 3 is 3.00 bits per heavy atom. The van der Waals surface area contributed by atoms with E-state index >= 15 is 0 Å². The molecule has 1 aromatic heterocycles. The summed E-state index contributed by atoms with van der Waals surface area (Å²) in [5, 5.41) is 16.2. The van der Waals surface area contributed by atoms with Gasteiger partial charge in [0.1, 0.15) is 12.0 Å². The van der Waals surface area contributed by atoms with Crippen LogP contribution in [-0.4, -0.2) is 26.8 Å². The van der Waals surface area contributed by atoms with Crippen LogP contribution < -0.4 is 16.2 Å². The normalized spacial score (nSPS) is 18.9. The first-order chi connectivity index (χ1) is 14.1. The average Bonchev–Trinajstić information content (AvgIpc) is 2.75. The molecule has 0 bridgehead atoms. The molecule has 0 spiro atoms. The van der Waals surface area contributed by atoms with E-state index < -0.39 is 12.1 Å². The first-order valence-electron chi connectivity index (χ1n) is 9.84. The van der Waals surface area contributed by atoms with E-state index in [2.05, 4.69) is 16.7 Å². The quantitative estimate of drug-likeness (QED) is 0.723. The standard InChI is InChI=1S/C22H24N4O3/c1-26-20(14-7-3-2-4-8-14)25-18-15(9-5-10-16(18)21(26)27)13-24-19-17(22(28)29)11-6-12-23-19/h5-7,9-12,19,23-24H,2-4,8,13H2,1H3,(H,28,29). The van der Waals surface area contributed by atoms with Crippen molar-refractivity contribution in [1.29, 1.82) is 0 Å². The van der Waals surface area contributed by atoms with Gasteiger partial charge in [0.25, 0.3) is 5.56 Å². The zero-order chi connectivity index (χ0) is 20.4. The number of allylic oxidation sites excluding steroid dienone is 4. The van der Waals surface area contributed by atoms with Crippen LogP contribution in [0.2, 0.25) is 0 Å². The summed E-state index contributed by atoms with van der Waals surface area (Å²) in [5.41, 5.74) is 2.82. The fourth-order valence-corrected chi connectivity index (χ4v) is 3.89. The predicted molar refractivity (Wildman–Crippen MR) is 112 cm³/mol. The van der Waals surface area contributed by atoms with Gasteiger partial charge in [0.15, 0.2) is 0 Å². The minimum Gasteiger partial charge on any atom is -0.478 e. The van der Waals surface area contributed by atoms with Gasteiger partial charge in [-0.2, -0.15) is 0 Å². The lowest BCUT2D eigenvalue weighted by molar-refractivity contribution is -0.133. The third-order valence-corrected chi connectivity index (χ3v) is 5.46. The van der Waals surface area contributed by atoms with Gasteiger partial charge in [0, 0.05) is 13.6 Å². The Morgan fingerprint density at radius 2 is 2.24 bits per heavy atom. The Hall–Kier alpha value is -3.19. The molecule has 0 fully saturated rings. The molecule has 2 heterocycles. The minimum atomic E-state index is -0.976. The summed E-state index contributed by atoms with van der Waals surface area (Å²) < 4.78 is 1.63. The number of aliphatic carboxylic acids is 1. The van der Waals surface area contributed by atoms with Gasteiger partial charge in [-0.25, -0.2) is 9.78 Å². The molecule has 29 heavy (non-hydrogen) atoms. The lowest BCUT2D eigenvalue weighted by atomic mass is 9.98. The van der Waals surface area contributed by atoms with Crippen molar-refractivity contribution in [1.82, 2.24) is 20.2 Å². The number of carbonyl (C=O) groups is 1. The molecule has 1 unspecified atom stereocenters. The highest BCUT2D eigenvalue weighted by atomic mass is 16.4. The van der Waals surface area contributed by atoms with Crippen molar-refractivity contribution in [3.63, 3.8) is 0 Å². The molecule has 7 heteroatoms.